The zero-order chi connectivity index (χ0) is 30.7. The SMILES string of the molecule is CN(C)P(=O)(OC1O[C@H](COCc2ccccc2)[C@@H](OCc2ccccc2)[C@H](OCc2ccccc2)[C@H]1N=[N+]=[N-])N(C)C. The van der Waals surface area contributed by atoms with E-state index in [1.807, 2.05) is 91.0 Å². The van der Waals surface area contributed by atoms with Crippen LogP contribution in [-0.2, 0) is 47.9 Å². The molecular formula is C31H40N5O6P. The van der Waals surface area contributed by atoms with Crippen LogP contribution in [0.25, 0.3) is 10.4 Å². The third-order valence-corrected chi connectivity index (χ3v) is 9.52. The smallest absolute Gasteiger partial charge is 0.347 e. The van der Waals surface area contributed by atoms with Gasteiger partial charge in [0.2, 0.25) is 0 Å². The molecule has 0 amide bonds. The highest BCUT2D eigenvalue weighted by Crippen LogP contribution is 2.53. The summed E-state index contributed by atoms with van der Waals surface area (Å²) in [6.07, 6.45) is -3.45. The topological polar surface area (TPSA) is 118 Å². The van der Waals surface area contributed by atoms with Gasteiger partial charge in [-0.25, -0.2) is 9.34 Å². The predicted molar refractivity (Wildman–Crippen MR) is 164 cm³/mol. The van der Waals surface area contributed by atoms with Gasteiger partial charge in [-0.1, -0.05) is 96.1 Å². The summed E-state index contributed by atoms with van der Waals surface area (Å²) >= 11 is 0. The molecule has 0 saturated carbocycles. The van der Waals surface area contributed by atoms with Crippen LogP contribution in [0.2, 0.25) is 0 Å². The summed E-state index contributed by atoms with van der Waals surface area (Å²) in [4.78, 5) is 3.10. The van der Waals surface area contributed by atoms with Crippen molar-refractivity contribution in [3.63, 3.8) is 0 Å². The van der Waals surface area contributed by atoms with Crippen molar-refractivity contribution in [3.8, 4) is 0 Å². The van der Waals surface area contributed by atoms with Crippen LogP contribution in [0.15, 0.2) is 96.1 Å². The van der Waals surface area contributed by atoms with E-state index in [2.05, 4.69) is 10.0 Å². The van der Waals surface area contributed by atoms with Crippen LogP contribution < -0.4 is 0 Å². The van der Waals surface area contributed by atoms with Gasteiger partial charge in [0.05, 0.1) is 26.4 Å². The normalized spacial score (nSPS) is 22.4. The molecule has 230 valence electrons. The summed E-state index contributed by atoms with van der Waals surface area (Å²) in [5.41, 5.74) is 12.5. The molecule has 0 bridgehead atoms. The molecule has 11 nitrogen and oxygen atoms in total. The molecule has 0 radical (unpaired) electrons. The number of nitrogens with zero attached hydrogens (tertiary/aromatic N) is 5. The van der Waals surface area contributed by atoms with Crippen molar-refractivity contribution in [2.24, 2.45) is 5.11 Å². The Kier molecular flexibility index (Phi) is 12.3. The van der Waals surface area contributed by atoms with Gasteiger partial charge in [0.1, 0.15) is 24.4 Å². The van der Waals surface area contributed by atoms with Gasteiger partial charge < -0.3 is 18.9 Å². The maximum atomic E-state index is 13.9. The van der Waals surface area contributed by atoms with Crippen molar-refractivity contribution in [1.82, 2.24) is 9.34 Å². The minimum Gasteiger partial charge on any atom is -0.374 e. The summed E-state index contributed by atoms with van der Waals surface area (Å²) in [5, 5.41) is 4.06. The van der Waals surface area contributed by atoms with Crippen LogP contribution in [0.4, 0.5) is 0 Å². The largest absolute Gasteiger partial charge is 0.374 e. The molecule has 4 rings (SSSR count). The minimum absolute atomic E-state index is 0.122. The van der Waals surface area contributed by atoms with E-state index in [0.29, 0.717) is 6.61 Å². The minimum atomic E-state index is -3.56. The van der Waals surface area contributed by atoms with Gasteiger partial charge in [0, 0.05) is 4.91 Å². The van der Waals surface area contributed by atoms with Crippen molar-refractivity contribution < 1.29 is 28.0 Å². The van der Waals surface area contributed by atoms with Crippen LogP contribution >= 0.6 is 7.67 Å². The first-order valence-electron chi connectivity index (χ1n) is 14.1. The summed E-state index contributed by atoms with van der Waals surface area (Å²) < 4.78 is 48.6. The molecule has 43 heavy (non-hydrogen) atoms. The van der Waals surface area contributed by atoms with Crippen LogP contribution in [0.1, 0.15) is 16.7 Å². The third kappa shape index (κ3) is 8.97. The second-order valence-electron chi connectivity index (χ2n) is 10.6. The predicted octanol–water partition coefficient (Wildman–Crippen LogP) is 6.03. The van der Waals surface area contributed by atoms with Crippen LogP contribution in [-0.4, -0.2) is 74.8 Å². The molecule has 1 unspecified atom stereocenters. The lowest BCUT2D eigenvalue weighted by Gasteiger charge is -2.46. The lowest BCUT2D eigenvalue weighted by Crippen LogP contribution is -2.60. The molecule has 1 saturated heterocycles. The molecule has 0 aromatic heterocycles. The van der Waals surface area contributed by atoms with E-state index in [1.54, 1.807) is 28.2 Å². The van der Waals surface area contributed by atoms with Crippen LogP contribution in [0.3, 0.4) is 0 Å². The molecular weight excluding hydrogens is 569 g/mol. The standard InChI is InChI=1S/C31H40N5O6P/c1-35(2)43(37,36(3)4)42-31-28(33-34-32)30(40-22-26-18-12-7-13-19-26)29(39-21-25-16-10-6-11-17-25)27(41-31)23-38-20-24-14-8-5-9-15-24/h5-19,27-31H,20-23H2,1-4H3/t27-,28-,29-,30-,31?/m1/s1. The first kappa shape index (κ1) is 32.8. The Morgan fingerprint density at radius 3 is 1.70 bits per heavy atom. The molecule has 0 aliphatic carbocycles. The molecule has 1 fully saturated rings. The highest BCUT2D eigenvalue weighted by Gasteiger charge is 2.50. The quantitative estimate of drug-likeness (QED) is 0.0888. The molecule has 1 heterocycles. The Morgan fingerprint density at radius 1 is 0.767 bits per heavy atom. The molecule has 5 atom stereocenters. The Hall–Kier alpha value is -3.08. The molecule has 0 N–H and O–H groups in total. The average Bonchev–Trinajstić information content (AvgIpc) is 3.02. The fraction of sp³-hybridized carbons (Fsp3) is 0.419. The van der Waals surface area contributed by atoms with E-state index in [1.165, 1.54) is 9.34 Å². The number of hydrogen-bond donors (Lipinski definition) is 0. The van der Waals surface area contributed by atoms with Gasteiger partial charge in [-0.05, 0) is 50.4 Å². The Balaban J connectivity index is 1.67. The highest BCUT2D eigenvalue weighted by molar-refractivity contribution is 7.53. The number of rotatable bonds is 15. The number of hydrogen-bond acceptors (Lipinski definition) is 7. The summed E-state index contributed by atoms with van der Waals surface area (Å²) in [5.74, 6) is 0. The number of benzene rings is 3. The molecule has 12 heteroatoms. The maximum Gasteiger partial charge on any atom is 0.347 e. The number of azide groups is 1. The Morgan fingerprint density at radius 2 is 1.23 bits per heavy atom. The summed E-state index contributed by atoms with van der Waals surface area (Å²) in [7, 11) is 3.06. The first-order chi connectivity index (χ1) is 20.8. The van der Waals surface area contributed by atoms with Crippen molar-refractivity contribution in [2.45, 2.75) is 50.5 Å². The second-order valence-corrected chi connectivity index (χ2v) is 13.3. The van der Waals surface area contributed by atoms with Crippen molar-refractivity contribution >= 4 is 7.67 Å². The third-order valence-electron chi connectivity index (χ3n) is 7.02. The molecule has 1 aliphatic heterocycles. The van der Waals surface area contributed by atoms with E-state index in [9.17, 15) is 10.1 Å². The van der Waals surface area contributed by atoms with Gasteiger partial charge in [-0.15, -0.1) is 0 Å². The van der Waals surface area contributed by atoms with Gasteiger partial charge in [0.15, 0.2) is 6.29 Å². The zero-order valence-electron chi connectivity index (χ0n) is 25.0. The summed E-state index contributed by atoms with van der Waals surface area (Å²) in [6.45, 7) is 0.951. The van der Waals surface area contributed by atoms with Crippen molar-refractivity contribution in [2.75, 3.05) is 34.8 Å². The lowest BCUT2D eigenvalue weighted by molar-refractivity contribution is -0.267. The van der Waals surface area contributed by atoms with E-state index < -0.39 is 38.3 Å². The van der Waals surface area contributed by atoms with Gasteiger partial charge in [-0.3, -0.25) is 9.09 Å². The van der Waals surface area contributed by atoms with Gasteiger partial charge in [-0.2, -0.15) is 0 Å². The Labute approximate surface area is 253 Å². The highest BCUT2D eigenvalue weighted by atomic mass is 31.2. The monoisotopic (exact) mass is 609 g/mol. The maximum absolute atomic E-state index is 13.9. The molecule has 3 aromatic rings. The van der Waals surface area contributed by atoms with Crippen molar-refractivity contribution in [1.29, 1.82) is 0 Å². The van der Waals surface area contributed by atoms with Crippen molar-refractivity contribution in [3.05, 3.63) is 118 Å². The van der Waals surface area contributed by atoms with E-state index in [4.69, 9.17) is 23.5 Å². The lowest BCUT2D eigenvalue weighted by atomic mass is 9.96. The first-order valence-corrected chi connectivity index (χ1v) is 15.6. The summed E-state index contributed by atoms with van der Waals surface area (Å²) in [6, 6.07) is 28.2. The molecule has 3 aromatic carbocycles. The fourth-order valence-electron chi connectivity index (χ4n) is 4.77. The average molecular weight is 610 g/mol. The van der Waals surface area contributed by atoms with Crippen LogP contribution in [0.5, 0.6) is 0 Å². The van der Waals surface area contributed by atoms with E-state index in [0.717, 1.165) is 16.7 Å². The zero-order valence-corrected chi connectivity index (χ0v) is 25.9. The van der Waals surface area contributed by atoms with E-state index >= 15 is 0 Å². The fourth-order valence-corrected chi connectivity index (χ4v) is 6.31. The molecule has 1 aliphatic rings. The van der Waals surface area contributed by atoms with Gasteiger partial charge >= 0.3 is 7.67 Å². The number of ether oxygens (including phenoxy) is 4. The second kappa shape index (κ2) is 16.1. The van der Waals surface area contributed by atoms with E-state index in [-0.39, 0.29) is 19.8 Å². The van der Waals surface area contributed by atoms with Gasteiger partial charge in [0.25, 0.3) is 0 Å². The van der Waals surface area contributed by atoms with Crippen LogP contribution in [0, 0.1) is 0 Å². The molecule has 0 spiro atoms. The Bertz CT molecular complexity index is 1330.